The maximum Gasteiger partial charge on any atom is 0.333 e. The van der Waals surface area contributed by atoms with Gasteiger partial charge in [0, 0.05) is 43.2 Å². The van der Waals surface area contributed by atoms with Gasteiger partial charge >= 0.3 is 6.04 Å². The summed E-state index contributed by atoms with van der Waals surface area (Å²) in [7, 11) is 5.62. The lowest BCUT2D eigenvalue weighted by atomic mass is 9.81. The third-order valence-electron chi connectivity index (χ3n) is 6.36. The van der Waals surface area contributed by atoms with Gasteiger partial charge in [-0.15, -0.1) is 0 Å². The zero-order valence-corrected chi connectivity index (χ0v) is 21.8. The molecule has 14 heteroatoms. The molecule has 1 aliphatic heterocycles. The molecule has 4 rings (SSSR count). The van der Waals surface area contributed by atoms with Crippen molar-refractivity contribution in [3.8, 4) is 11.5 Å². The molecule has 3 aromatic rings. The number of hydrogen-bond donors (Lipinski definition) is 4. The SMILES string of the molecule is CN(C)CC1CN(c2nn(C)cc2NC(=O)c2coc(-c3ccnc(NCC(O)(O)F)c3)n2)C(=O)C1(C)C. The second-order valence-electron chi connectivity index (χ2n) is 10.1. The van der Waals surface area contributed by atoms with Gasteiger partial charge in [0.2, 0.25) is 11.8 Å². The number of alkyl halides is 1. The molecule has 0 spiro atoms. The van der Waals surface area contributed by atoms with Crippen LogP contribution in [0.25, 0.3) is 11.5 Å². The third kappa shape index (κ3) is 5.82. The third-order valence-corrected chi connectivity index (χ3v) is 6.36. The van der Waals surface area contributed by atoms with Gasteiger partial charge in [0.05, 0.1) is 6.20 Å². The zero-order chi connectivity index (χ0) is 27.8. The number of hydrogen-bond acceptors (Lipinski definition) is 10. The van der Waals surface area contributed by atoms with E-state index in [9.17, 15) is 14.0 Å². The van der Waals surface area contributed by atoms with E-state index in [0.29, 0.717) is 23.6 Å². The number of oxazole rings is 1. The molecule has 1 fully saturated rings. The van der Waals surface area contributed by atoms with Gasteiger partial charge in [-0.05, 0) is 26.2 Å². The van der Waals surface area contributed by atoms with Gasteiger partial charge in [0.25, 0.3) is 5.91 Å². The topological polar surface area (TPSA) is 162 Å². The maximum absolute atomic E-state index is 13.3. The molecular weight excluding hydrogens is 499 g/mol. The molecule has 0 radical (unpaired) electrons. The minimum absolute atomic E-state index is 0.0202. The molecule has 1 saturated heterocycles. The van der Waals surface area contributed by atoms with Gasteiger partial charge in [-0.2, -0.15) is 9.49 Å². The Morgan fingerprint density at radius 3 is 2.79 bits per heavy atom. The van der Waals surface area contributed by atoms with Gasteiger partial charge in [-0.3, -0.25) is 19.2 Å². The fourth-order valence-corrected chi connectivity index (χ4v) is 4.29. The van der Waals surface area contributed by atoms with E-state index >= 15 is 0 Å². The van der Waals surface area contributed by atoms with Crippen molar-refractivity contribution in [3.63, 3.8) is 0 Å². The first-order valence-corrected chi connectivity index (χ1v) is 11.9. The fraction of sp³-hybridized carbons (Fsp3) is 0.458. The van der Waals surface area contributed by atoms with Crippen molar-refractivity contribution in [3.05, 3.63) is 36.5 Å². The highest BCUT2D eigenvalue weighted by Gasteiger charge is 2.48. The van der Waals surface area contributed by atoms with Crippen molar-refractivity contribution in [2.75, 3.05) is 49.3 Å². The van der Waals surface area contributed by atoms with Crippen molar-refractivity contribution >= 4 is 29.1 Å². The van der Waals surface area contributed by atoms with Crippen LogP contribution in [0.5, 0.6) is 0 Å². The Hall–Kier alpha value is -3.88. The summed E-state index contributed by atoms with van der Waals surface area (Å²) < 4.78 is 19.9. The Bertz CT molecular complexity index is 1330. The Morgan fingerprint density at radius 2 is 2.11 bits per heavy atom. The van der Waals surface area contributed by atoms with Crippen LogP contribution in [-0.2, 0) is 11.8 Å². The Balaban J connectivity index is 1.51. The summed E-state index contributed by atoms with van der Waals surface area (Å²) in [6.07, 6.45) is 4.18. The van der Waals surface area contributed by atoms with Gasteiger partial charge in [-0.25, -0.2) is 9.97 Å². The zero-order valence-electron chi connectivity index (χ0n) is 21.8. The molecule has 204 valence electrons. The molecule has 3 aromatic heterocycles. The molecular formula is C24H31FN8O5. The molecule has 13 nitrogen and oxygen atoms in total. The number of rotatable bonds is 9. The van der Waals surface area contributed by atoms with Crippen LogP contribution in [0.3, 0.4) is 0 Å². The largest absolute Gasteiger partial charge is 0.444 e. The summed E-state index contributed by atoms with van der Waals surface area (Å²) in [5, 5.41) is 27.3. The van der Waals surface area contributed by atoms with Gasteiger partial charge < -0.3 is 30.2 Å². The lowest BCUT2D eigenvalue weighted by molar-refractivity contribution is -0.246. The molecule has 1 atom stereocenters. The molecule has 2 amide bonds. The van der Waals surface area contributed by atoms with Crippen LogP contribution < -0.4 is 15.5 Å². The normalized spacial score (nSPS) is 17.3. The van der Waals surface area contributed by atoms with Crippen LogP contribution in [0.4, 0.5) is 21.7 Å². The van der Waals surface area contributed by atoms with E-state index in [1.165, 1.54) is 23.2 Å². The number of nitrogens with zero attached hydrogens (tertiary/aromatic N) is 6. The summed E-state index contributed by atoms with van der Waals surface area (Å²) in [6, 6.07) is -0.396. The fourth-order valence-electron chi connectivity index (χ4n) is 4.29. The molecule has 38 heavy (non-hydrogen) atoms. The number of carbonyl (C=O) groups is 2. The predicted molar refractivity (Wildman–Crippen MR) is 136 cm³/mol. The summed E-state index contributed by atoms with van der Waals surface area (Å²) in [5.74, 6) is 0.0176. The predicted octanol–water partition coefficient (Wildman–Crippen LogP) is 1.29. The van der Waals surface area contributed by atoms with Crippen LogP contribution in [0.1, 0.15) is 24.3 Å². The average molecular weight is 531 g/mol. The van der Waals surface area contributed by atoms with E-state index in [0.717, 1.165) is 6.54 Å². The Morgan fingerprint density at radius 1 is 1.37 bits per heavy atom. The molecule has 1 unspecified atom stereocenters. The van der Waals surface area contributed by atoms with Crippen molar-refractivity contribution in [2.24, 2.45) is 18.4 Å². The van der Waals surface area contributed by atoms with Crippen LogP contribution in [0, 0.1) is 11.3 Å². The lowest BCUT2D eigenvalue weighted by Crippen LogP contribution is -2.34. The quantitative estimate of drug-likeness (QED) is 0.297. The van der Waals surface area contributed by atoms with E-state index < -0.39 is 23.9 Å². The van der Waals surface area contributed by atoms with Crippen LogP contribution in [0.2, 0.25) is 0 Å². The van der Waals surface area contributed by atoms with Crippen LogP contribution in [-0.4, -0.2) is 86.4 Å². The highest BCUT2D eigenvalue weighted by molar-refractivity contribution is 6.07. The van der Waals surface area contributed by atoms with Crippen molar-refractivity contribution in [1.29, 1.82) is 0 Å². The van der Waals surface area contributed by atoms with Crippen LogP contribution in [0.15, 0.2) is 35.2 Å². The molecule has 0 saturated carbocycles. The highest BCUT2D eigenvalue weighted by atomic mass is 19.2. The van der Waals surface area contributed by atoms with E-state index in [-0.39, 0.29) is 29.2 Å². The van der Waals surface area contributed by atoms with Gasteiger partial charge in [0.15, 0.2) is 11.5 Å². The summed E-state index contributed by atoms with van der Waals surface area (Å²) in [4.78, 5) is 38.1. The average Bonchev–Trinajstić information content (AvgIpc) is 3.51. The highest BCUT2D eigenvalue weighted by Crippen LogP contribution is 2.41. The monoisotopic (exact) mass is 530 g/mol. The number of aryl methyl sites for hydroxylation is 1. The van der Waals surface area contributed by atoms with Gasteiger partial charge in [0.1, 0.15) is 24.3 Å². The number of anilines is 3. The van der Waals surface area contributed by atoms with Crippen LogP contribution >= 0.6 is 0 Å². The summed E-state index contributed by atoms with van der Waals surface area (Å²) in [5.41, 5.74) is 0.159. The molecule has 4 heterocycles. The number of nitrogens with one attached hydrogen (secondary N) is 2. The number of carbonyl (C=O) groups excluding carboxylic acids is 2. The van der Waals surface area contributed by atoms with Crippen molar-refractivity contribution in [1.82, 2.24) is 24.6 Å². The second kappa shape index (κ2) is 10.1. The second-order valence-corrected chi connectivity index (χ2v) is 10.1. The first kappa shape index (κ1) is 27.2. The molecule has 4 N–H and O–H groups in total. The molecule has 1 aliphatic rings. The van der Waals surface area contributed by atoms with Gasteiger partial charge in [-0.1, -0.05) is 13.8 Å². The first-order valence-electron chi connectivity index (χ1n) is 11.9. The maximum atomic E-state index is 13.3. The number of aliphatic hydroxyl groups is 2. The summed E-state index contributed by atoms with van der Waals surface area (Å²) >= 11 is 0. The smallest absolute Gasteiger partial charge is 0.333 e. The Kier molecular flexibility index (Phi) is 7.23. The molecule has 0 aromatic carbocycles. The van der Waals surface area contributed by atoms with E-state index in [2.05, 4.69) is 25.7 Å². The van der Waals surface area contributed by atoms with E-state index in [1.807, 2.05) is 32.8 Å². The minimum Gasteiger partial charge on any atom is -0.444 e. The van der Waals surface area contributed by atoms with Crippen molar-refractivity contribution < 1.29 is 28.6 Å². The summed E-state index contributed by atoms with van der Waals surface area (Å²) in [6.45, 7) is 4.23. The minimum atomic E-state index is -3.40. The van der Waals surface area contributed by atoms with Crippen molar-refractivity contribution in [2.45, 2.75) is 19.9 Å². The van der Waals surface area contributed by atoms with E-state index in [4.69, 9.17) is 14.6 Å². The number of pyridine rings is 1. The number of halogens is 1. The standard InChI is InChI=1S/C24H31FN8O5/c1-23(2)15(9-31(3)4)10-33(22(23)35)19-16(11-32(5)30-19)28-20(34)17-12-38-21(29-17)14-6-7-26-18(8-14)27-13-24(25,36)37/h6-8,11-12,15,36-37H,9-10,13H2,1-5H3,(H,26,27)(H,28,34). The molecule has 0 bridgehead atoms. The molecule has 0 aliphatic carbocycles. The number of amides is 2. The number of aromatic nitrogens is 4. The lowest BCUT2D eigenvalue weighted by Gasteiger charge is -2.25. The van der Waals surface area contributed by atoms with E-state index in [1.54, 1.807) is 24.2 Å². The first-order chi connectivity index (χ1) is 17.7. The Labute approximate surface area is 218 Å².